The van der Waals surface area contributed by atoms with Gasteiger partial charge in [-0.3, -0.25) is 0 Å². The van der Waals surface area contributed by atoms with Gasteiger partial charge in [0, 0.05) is 0 Å². The van der Waals surface area contributed by atoms with Crippen LogP contribution >= 0.6 is 11.3 Å². The van der Waals surface area contributed by atoms with Gasteiger partial charge in [-0.15, -0.1) is 0 Å². The summed E-state index contributed by atoms with van der Waals surface area (Å²) in [6, 6.07) is 20.1. The van der Waals surface area contributed by atoms with Crippen LogP contribution in [-0.4, -0.2) is 14.5 Å². The van der Waals surface area contributed by atoms with Crippen LogP contribution in [0.5, 0.6) is 0 Å². The van der Waals surface area contributed by atoms with Crippen molar-refractivity contribution in [1.29, 1.82) is 0 Å². The summed E-state index contributed by atoms with van der Waals surface area (Å²) in [7, 11) is 0. The van der Waals surface area contributed by atoms with Gasteiger partial charge in [0.25, 0.3) is 0 Å². The molecule has 0 saturated heterocycles. The zero-order valence-corrected chi connectivity index (χ0v) is 13.0. The Bertz CT molecular complexity index is 817. The van der Waals surface area contributed by atoms with Crippen molar-refractivity contribution in [2.45, 2.75) is 6.92 Å². The van der Waals surface area contributed by atoms with E-state index in [0.29, 0.717) is 14.5 Å². The summed E-state index contributed by atoms with van der Waals surface area (Å²) in [5, 5.41) is 2.83. The predicted molar refractivity (Wildman–Crippen MR) is 86.4 cm³/mol. The first-order valence-electron chi connectivity index (χ1n) is 6.29. The topological polar surface area (TPSA) is 0 Å². The molecule has 0 aliphatic carbocycles. The van der Waals surface area contributed by atoms with Crippen LogP contribution < -0.4 is 0 Å². The van der Waals surface area contributed by atoms with Crippen LogP contribution in [0.4, 0.5) is 0 Å². The van der Waals surface area contributed by atoms with Crippen LogP contribution in [0.15, 0.2) is 54.6 Å². The van der Waals surface area contributed by atoms with Crippen LogP contribution in [-0.2, 0) is 0 Å². The van der Waals surface area contributed by atoms with Crippen molar-refractivity contribution in [2.24, 2.45) is 0 Å². The van der Waals surface area contributed by atoms with Crippen LogP contribution in [0, 0.1) is 6.92 Å². The summed E-state index contributed by atoms with van der Waals surface area (Å²) in [6.45, 7) is 2.24. The predicted octanol–water partition coefficient (Wildman–Crippen LogP) is 5.09. The Labute approximate surface area is 122 Å². The van der Waals surface area contributed by atoms with Crippen molar-refractivity contribution in [3.63, 3.8) is 0 Å². The number of thiophene rings is 1. The Kier molecular flexibility index (Phi) is 2.63. The summed E-state index contributed by atoms with van der Waals surface area (Å²) in [5.74, 6) is 0. The molecule has 2 heteroatoms. The first kappa shape index (κ1) is 11.5. The summed E-state index contributed by atoms with van der Waals surface area (Å²) in [6.07, 6.45) is 0. The number of aryl methyl sites for hydroxylation is 1. The Hall–Kier alpha value is -1.34. The van der Waals surface area contributed by atoms with Gasteiger partial charge in [-0.05, 0) is 0 Å². The molecule has 0 aliphatic rings. The molecule has 0 bridgehead atoms. The summed E-state index contributed by atoms with van der Waals surface area (Å²) >= 11 is 2.44. The molecule has 19 heavy (non-hydrogen) atoms. The molecular weight excluding hydrogens is 315 g/mol. The number of benzene rings is 2. The fourth-order valence-corrected chi connectivity index (χ4v) is 5.55. The first-order valence-corrected chi connectivity index (χ1v) is 8.82. The van der Waals surface area contributed by atoms with Crippen LogP contribution in [0.1, 0.15) is 4.44 Å². The molecule has 0 fully saturated rings. The van der Waals surface area contributed by atoms with Crippen LogP contribution in [0.3, 0.4) is 0 Å². The van der Waals surface area contributed by atoms with Gasteiger partial charge in [-0.25, -0.2) is 0 Å². The van der Waals surface area contributed by atoms with Gasteiger partial charge < -0.3 is 0 Å². The fourth-order valence-electron chi connectivity index (χ4n) is 2.45. The van der Waals surface area contributed by atoms with E-state index in [4.69, 9.17) is 0 Å². The first-order chi connectivity index (χ1) is 9.29. The molecule has 4 aromatic rings. The second-order valence-electron chi connectivity index (χ2n) is 4.76. The van der Waals surface area contributed by atoms with E-state index in [2.05, 4.69) is 61.5 Å². The third kappa shape index (κ3) is 1.97. The molecule has 0 amide bonds. The van der Waals surface area contributed by atoms with E-state index in [1.807, 2.05) is 11.3 Å². The van der Waals surface area contributed by atoms with Crippen LogP contribution in [0.2, 0.25) is 0 Å². The van der Waals surface area contributed by atoms with E-state index in [-0.39, 0.29) is 0 Å². The average Bonchev–Trinajstić information content (AvgIpc) is 2.98. The molecule has 0 radical (unpaired) electrons. The zero-order chi connectivity index (χ0) is 12.8. The molecule has 0 saturated carbocycles. The van der Waals surface area contributed by atoms with E-state index in [0.717, 1.165) is 0 Å². The number of fused-ring (bicyclic) bond motifs is 2. The second kappa shape index (κ2) is 4.35. The van der Waals surface area contributed by atoms with Crippen molar-refractivity contribution >= 4 is 45.6 Å². The Morgan fingerprint density at radius 3 is 2.58 bits per heavy atom. The van der Waals surface area contributed by atoms with E-state index in [1.54, 1.807) is 0 Å². The zero-order valence-electron chi connectivity index (χ0n) is 10.5. The quantitative estimate of drug-likeness (QED) is 0.427. The molecule has 0 atom stereocenters. The molecule has 0 unspecified atom stereocenters. The Balaban J connectivity index is 1.96. The van der Waals surface area contributed by atoms with Gasteiger partial charge in [-0.2, -0.15) is 0 Å². The SMILES string of the molecule is Cc1cc2cc3sc(-c4ccccc4)cc3cc2[se]1. The van der Waals surface area contributed by atoms with E-state index >= 15 is 0 Å². The van der Waals surface area contributed by atoms with E-state index in [1.165, 1.54) is 34.6 Å². The fraction of sp³-hybridized carbons (Fsp3) is 0.0588. The number of hydrogen-bond acceptors (Lipinski definition) is 1. The molecule has 0 aliphatic heterocycles. The summed E-state index contributed by atoms with van der Waals surface area (Å²) in [4.78, 5) is 1.37. The molecule has 4 rings (SSSR count). The van der Waals surface area contributed by atoms with E-state index < -0.39 is 0 Å². The molecule has 2 aromatic carbocycles. The molecule has 2 aromatic heterocycles. The minimum absolute atomic E-state index is 0.540. The third-order valence-electron chi connectivity index (χ3n) is 3.34. The molecule has 0 nitrogen and oxygen atoms in total. The maximum absolute atomic E-state index is 2.39. The maximum atomic E-state index is 2.39. The van der Waals surface area contributed by atoms with Gasteiger partial charge in [0.15, 0.2) is 0 Å². The summed E-state index contributed by atoms with van der Waals surface area (Å²) in [5.41, 5.74) is 1.32. The molecule has 2 heterocycles. The van der Waals surface area contributed by atoms with Crippen LogP contribution in [0.25, 0.3) is 30.2 Å². The molecule has 0 spiro atoms. The molecular formula is C17H12SSe. The molecule has 0 N–H and O–H groups in total. The standard InChI is InChI=1S/C17H12SSe/c1-11-7-14-9-16-13(10-17(14)19-11)8-15(18-16)12-5-3-2-4-6-12/h2-10H,1H3. The third-order valence-corrected chi connectivity index (χ3v) is 6.61. The van der Waals surface area contributed by atoms with E-state index in [9.17, 15) is 0 Å². The Morgan fingerprint density at radius 1 is 0.895 bits per heavy atom. The van der Waals surface area contributed by atoms with Crippen molar-refractivity contribution in [1.82, 2.24) is 0 Å². The molecule has 92 valence electrons. The van der Waals surface area contributed by atoms with Gasteiger partial charge in [-0.1, -0.05) is 0 Å². The summed E-state index contributed by atoms with van der Waals surface area (Å²) < 4.78 is 4.47. The van der Waals surface area contributed by atoms with Gasteiger partial charge in [0.2, 0.25) is 0 Å². The normalized spacial score (nSPS) is 11.4. The van der Waals surface area contributed by atoms with Crippen molar-refractivity contribution < 1.29 is 0 Å². The van der Waals surface area contributed by atoms with Gasteiger partial charge in [0.05, 0.1) is 0 Å². The van der Waals surface area contributed by atoms with Crippen molar-refractivity contribution in [2.75, 3.05) is 0 Å². The number of hydrogen-bond donors (Lipinski definition) is 0. The van der Waals surface area contributed by atoms with Crippen molar-refractivity contribution in [3.05, 3.63) is 59.0 Å². The monoisotopic (exact) mass is 328 g/mol. The Morgan fingerprint density at radius 2 is 1.74 bits per heavy atom. The minimum atomic E-state index is 0.540. The average molecular weight is 327 g/mol. The number of rotatable bonds is 1. The van der Waals surface area contributed by atoms with Gasteiger partial charge in [0.1, 0.15) is 0 Å². The van der Waals surface area contributed by atoms with Gasteiger partial charge >= 0.3 is 122 Å². The second-order valence-corrected chi connectivity index (χ2v) is 8.55. The van der Waals surface area contributed by atoms with Crippen molar-refractivity contribution in [3.8, 4) is 10.4 Å².